The zero-order valence-corrected chi connectivity index (χ0v) is 13.0. The van der Waals surface area contributed by atoms with Crippen molar-refractivity contribution in [3.63, 3.8) is 0 Å². The number of aryl methyl sites for hydroxylation is 1. The Morgan fingerprint density at radius 1 is 1.57 bits per heavy atom. The lowest BCUT2D eigenvalue weighted by Crippen LogP contribution is -2.50. The number of nitrogens with two attached hydrogens (primary N) is 1. The maximum Gasteiger partial charge on any atom is 0.161 e. The minimum Gasteiger partial charge on any atom is -0.493 e. The summed E-state index contributed by atoms with van der Waals surface area (Å²) in [6, 6.07) is 0.395. The Balaban J connectivity index is 1.77. The molecule has 1 aromatic rings. The highest BCUT2D eigenvalue weighted by molar-refractivity contribution is 5.29. The number of morpholine rings is 1. The molecule has 0 amide bonds. The van der Waals surface area contributed by atoms with E-state index >= 15 is 0 Å². The molecule has 6 nitrogen and oxygen atoms in total. The van der Waals surface area contributed by atoms with Crippen LogP contribution in [0.3, 0.4) is 0 Å². The normalized spacial score (nSPS) is 27.6. The monoisotopic (exact) mass is 294 g/mol. The van der Waals surface area contributed by atoms with E-state index in [1.807, 2.05) is 4.68 Å². The fourth-order valence-corrected chi connectivity index (χ4v) is 3.50. The van der Waals surface area contributed by atoms with Gasteiger partial charge in [0.1, 0.15) is 0 Å². The van der Waals surface area contributed by atoms with Gasteiger partial charge in [-0.3, -0.25) is 9.58 Å². The molecule has 118 valence electrons. The molecule has 2 N–H and O–H groups in total. The molecule has 0 saturated carbocycles. The number of methoxy groups -OCH3 is 1. The lowest BCUT2D eigenvalue weighted by atomic mass is 10.0. The van der Waals surface area contributed by atoms with E-state index in [1.54, 1.807) is 13.3 Å². The van der Waals surface area contributed by atoms with Crippen LogP contribution in [0.15, 0.2) is 6.20 Å². The third-order valence-electron chi connectivity index (χ3n) is 4.63. The number of hydrogen-bond donors (Lipinski definition) is 1. The second-order valence-corrected chi connectivity index (χ2v) is 6.01. The molecule has 3 atom stereocenters. The number of ether oxygens (including phenoxy) is 2. The Morgan fingerprint density at radius 3 is 3.19 bits per heavy atom. The summed E-state index contributed by atoms with van der Waals surface area (Å²) in [4.78, 5) is 2.51. The van der Waals surface area contributed by atoms with Crippen LogP contribution < -0.4 is 10.5 Å². The van der Waals surface area contributed by atoms with Crippen LogP contribution in [0.4, 0.5) is 0 Å². The van der Waals surface area contributed by atoms with Gasteiger partial charge in [-0.2, -0.15) is 5.10 Å². The van der Waals surface area contributed by atoms with E-state index in [0.29, 0.717) is 6.04 Å². The molecule has 2 aliphatic heterocycles. The molecule has 6 heteroatoms. The maximum absolute atomic E-state index is 6.51. The third-order valence-corrected chi connectivity index (χ3v) is 4.63. The molecular formula is C15H26N4O2. The van der Waals surface area contributed by atoms with Crippen LogP contribution in [0.1, 0.15) is 37.9 Å². The van der Waals surface area contributed by atoms with Crippen molar-refractivity contribution in [1.29, 1.82) is 0 Å². The van der Waals surface area contributed by atoms with E-state index < -0.39 is 0 Å². The third kappa shape index (κ3) is 2.80. The van der Waals surface area contributed by atoms with Gasteiger partial charge < -0.3 is 15.2 Å². The lowest BCUT2D eigenvalue weighted by Gasteiger charge is -2.37. The van der Waals surface area contributed by atoms with E-state index in [2.05, 4.69) is 16.9 Å². The number of hydrogen-bond acceptors (Lipinski definition) is 5. The number of nitrogens with zero attached hydrogens (tertiary/aromatic N) is 3. The van der Waals surface area contributed by atoms with Crippen LogP contribution in [-0.2, 0) is 11.3 Å². The summed E-state index contributed by atoms with van der Waals surface area (Å²) in [6.07, 6.45) is 5.31. The fourth-order valence-electron chi connectivity index (χ4n) is 3.50. The Kier molecular flexibility index (Phi) is 4.47. The quantitative estimate of drug-likeness (QED) is 0.883. The van der Waals surface area contributed by atoms with E-state index in [0.717, 1.165) is 37.6 Å². The molecular weight excluding hydrogens is 268 g/mol. The summed E-state index contributed by atoms with van der Waals surface area (Å²) in [5, 5.41) is 4.40. The van der Waals surface area contributed by atoms with Gasteiger partial charge in [0, 0.05) is 19.1 Å². The second-order valence-electron chi connectivity index (χ2n) is 6.01. The Hall–Kier alpha value is -1.11. The fraction of sp³-hybridized carbons (Fsp3) is 0.800. The maximum atomic E-state index is 6.51. The second kappa shape index (κ2) is 6.34. The van der Waals surface area contributed by atoms with E-state index in [4.69, 9.17) is 15.2 Å². The highest BCUT2D eigenvalue weighted by Gasteiger charge is 2.37. The smallest absolute Gasteiger partial charge is 0.161 e. The van der Waals surface area contributed by atoms with Crippen molar-refractivity contribution < 1.29 is 9.47 Å². The van der Waals surface area contributed by atoms with Crippen LogP contribution in [-0.4, -0.2) is 53.6 Å². The molecule has 3 heterocycles. The summed E-state index contributed by atoms with van der Waals surface area (Å²) in [5.74, 6) is 0.767. The van der Waals surface area contributed by atoms with Crippen molar-refractivity contribution >= 4 is 0 Å². The standard InChI is InChI=1S/C15H26N4O2/c1-3-6-19-15(12(20-2)8-17-19)14(16)13-9-18-7-4-5-11(18)10-21-13/h8,11,13-14H,3-7,9-10,16H2,1-2H3. The molecule has 0 aliphatic carbocycles. The van der Waals surface area contributed by atoms with Crippen molar-refractivity contribution in [2.75, 3.05) is 26.8 Å². The molecule has 0 radical (unpaired) electrons. The Morgan fingerprint density at radius 2 is 2.43 bits per heavy atom. The summed E-state index contributed by atoms with van der Waals surface area (Å²) in [7, 11) is 1.67. The first-order chi connectivity index (χ1) is 10.2. The number of rotatable bonds is 5. The minimum absolute atomic E-state index is 0.0144. The zero-order chi connectivity index (χ0) is 14.8. The van der Waals surface area contributed by atoms with Crippen LogP contribution in [0.2, 0.25) is 0 Å². The molecule has 2 saturated heterocycles. The number of aromatic nitrogens is 2. The van der Waals surface area contributed by atoms with Gasteiger partial charge in [-0.05, 0) is 25.8 Å². The van der Waals surface area contributed by atoms with Crippen molar-refractivity contribution in [3.05, 3.63) is 11.9 Å². The SMILES string of the molecule is CCCn1ncc(OC)c1C(N)C1CN2CCCC2CO1. The van der Waals surface area contributed by atoms with Crippen molar-refractivity contribution in [2.45, 2.75) is 50.9 Å². The largest absolute Gasteiger partial charge is 0.493 e. The molecule has 21 heavy (non-hydrogen) atoms. The molecule has 1 aromatic heterocycles. The van der Waals surface area contributed by atoms with Gasteiger partial charge in [-0.1, -0.05) is 6.92 Å². The first kappa shape index (κ1) is 14.8. The Bertz CT molecular complexity index is 476. The van der Waals surface area contributed by atoms with Crippen molar-refractivity contribution in [3.8, 4) is 5.75 Å². The number of fused-ring (bicyclic) bond motifs is 1. The summed E-state index contributed by atoms with van der Waals surface area (Å²) in [5.41, 5.74) is 7.47. The molecule has 0 spiro atoms. The molecule has 0 bridgehead atoms. The van der Waals surface area contributed by atoms with Gasteiger partial charge in [0.15, 0.2) is 5.75 Å². The highest BCUT2D eigenvalue weighted by atomic mass is 16.5. The molecule has 0 aromatic carbocycles. The van der Waals surface area contributed by atoms with Gasteiger partial charge in [-0.15, -0.1) is 0 Å². The minimum atomic E-state index is -0.199. The Labute approximate surface area is 126 Å². The van der Waals surface area contributed by atoms with Crippen LogP contribution >= 0.6 is 0 Å². The topological polar surface area (TPSA) is 65.5 Å². The van der Waals surface area contributed by atoms with E-state index in [1.165, 1.54) is 19.4 Å². The van der Waals surface area contributed by atoms with Crippen molar-refractivity contribution in [2.24, 2.45) is 5.73 Å². The van der Waals surface area contributed by atoms with Gasteiger partial charge in [0.25, 0.3) is 0 Å². The highest BCUT2D eigenvalue weighted by Crippen LogP contribution is 2.31. The van der Waals surface area contributed by atoms with Crippen LogP contribution in [0.25, 0.3) is 0 Å². The van der Waals surface area contributed by atoms with Gasteiger partial charge in [0.2, 0.25) is 0 Å². The van der Waals surface area contributed by atoms with E-state index in [9.17, 15) is 0 Å². The summed E-state index contributed by atoms with van der Waals surface area (Å²) < 4.78 is 13.4. The first-order valence-electron chi connectivity index (χ1n) is 7.95. The zero-order valence-electron chi connectivity index (χ0n) is 13.0. The van der Waals surface area contributed by atoms with Crippen molar-refractivity contribution in [1.82, 2.24) is 14.7 Å². The van der Waals surface area contributed by atoms with Gasteiger partial charge in [0.05, 0.1) is 37.8 Å². The summed E-state index contributed by atoms with van der Waals surface area (Å²) in [6.45, 7) is 5.86. The lowest BCUT2D eigenvalue weighted by molar-refractivity contribution is -0.0609. The van der Waals surface area contributed by atoms with Gasteiger partial charge in [-0.25, -0.2) is 0 Å². The molecule has 3 unspecified atom stereocenters. The predicted molar refractivity (Wildman–Crippen MR) is 80.3 cm³/mol. The van der Waals surface area contributed by atoms with Gasteiger partial charge >= 0.3 is 0 Å². The summed E-state index contributed by atoms with van der Waals surface area (Å²) >= 11 is 0. The van der Waals surface area contributed by atoms with Crippen LogP contribution in [0, 0.1) is 0 Å². The predicted octanol–water partition coefficient (Wildman–Crippen LogP) is 1.16. The molecule has 2 aliphatic rings. The average Bonchev–Trinajstić information content (AvgIpc) is 3.12. The first-order valence-corrected chi connectivity index (χ1v) is 7.95. The average molecular weight is 294 g/mol. The van der Waals surface area contributed by atoms with E-state index in [-0.39, 0.29) is 12.1 Å². The molecule has 3 rings (SSSR count). The molecule has 2 fully saturated rings. The van der Waals surface area contributed by atoms with Crippen LogP contribution in [0.5, 0.6) is 5.75 Å².